The quantitative estimate of drug-likeness (QED) is 0.781. The van der Waals surface area contributed by atoms with Crippen LogP contribution in [-0.2, 0) is 6.42 Å². The van der Waals surface area contributed by atoms with E-state index in [0.717, 1.165) is 23.9 Å². The number of benzene rings is 2. The van der Waals surface area contributed by atoms with Crippen molar-refractivity contribution < 1.29 is 4.79 Å². The largest absolute Gasteiger partial charge is 0.350 e. The molecule has 1 amide bonds. The van der Waals surface area contributed by atoms with E-state index in [4.69, 9.17) is 0 Å². The second-order valence-corrected chi connectivity index (χ2v) is 6.08. The normalized spacial score (nSPS) is 16.6. The minimum Gasteiger partial charge on any atom is -0.350 e. The van der Waals surface area contributed by atoms with Crippen molar-refractivity contribution >= 4 is 16.8 Å². The number of nitrogens with one attached hydrogen (secondary N) is 2. The maximum Gasteiger partial charge on any atom is 0.251 e. The molecule has 0 aliphatic carbocycles. The highest BCUT2D eigenvalue weighted by atomic mass is 16.1. The maximum atomic E-state index is 12.5. The summed E-state index contributed by atoms with van der Waals surface area (Å²) in [6, 6.07) is 18.1. The number of hydrogen-bond donors (Lipinski definition) is 2. The van der Waals surface area contributed by atoms with Crippen molar-refractivity contribution in [2.45, 2.75) is 12.5 Å². The number of carbonyl (C=O) groups is 1. The molecule has 1 aromatic heterocycles. The molecule has 1 unspecified atom stereocenters. The first-order valence-electron chi connectivity index (χ1n) is 8.25. The van der Waals surface area contributed by atoms with E-state index in [2.05, 4.69) is 39.9 Å². The lowest BCUT2D eigenvalue weighted by Crippen LogP contribution is -2.38. The number of fused-ring (bicyclic) bond motifs is 2. The van der Waals surface area contributed by atoms with Gasteiger partial charge in [-0.25, -0.2) is 0 Å². The molecule has 1 aliphatic heterocycles. The van der Waals surface area contributed by atoms with Crippen LogP contribution in [0, 0.1) is 0 Å². The lowest BCUT2D eigenvalue weighted by molar-refractivity contribution is 0.0949. The molecule has 1 aliphatic rings. The van der Waals surface area contributed by atoms with Crippen molar-refractivity contribution in [2.75, 3.05) is 13.1 Å². The topological polar surface area (TPSA) is 54.0 Å². The first-order valence-corrected chi connectivity index (χ1v) is 8.25. The van der Waals surface area contributed by atoms with Crippen LogP contribution in [0.15, 0.2) is 60.8 Å². The van der Waals surface area contributed by atoms with Crippen LogP contribution in [0.25, 0.3) is 10.9 Å². The number of hydrogen-bond acceptors (Lipinski definition) is 3. The molecule has 3 aromatic rings. The Labute approximate surface area is 140 Å². The lowest BCUT2D eigenvalue weighted by Gasteiger charge is -2.27. The average Bonchev–Trinajstić information content (AvgIpc) is 2.65. The van der Waals surface area contributed by atoms with Gasteiger partial charge in [-0.2, -0.15) is 0 Å². The maximum absolute atomic E-state index is 12.5. The standard InChI is InChI=1S/C20H19N3O/c24-20(16-8-7-15-5-3-10-21-18(15)12-16)23-13-19-17-6-2-1-4-14(17)9-11-22-19/h1-8,10,12,19,22H,9,11,13H2,(H,23,24). The SMILES string of the molecule is O=C(NCC1NCCc2ccccc21)c1ccc2cccnc2c1. The van der Waals surface area contributed by atoms with Gasteiger partial charge in [-0.3, -0.25) is 9.78 Å². The first-order chi connectivity index (χ1) is 11.8. The highest BCUT2D eigenvalue weighted by molar-refractivity contribution is 5.97. The summed E-state index contributed by atoms with van der Waals surface area (Å²) in [6.45, 7) is 1.52. The highest BCUT2D eigenvalue weighted by Crippen LogP contribution is 2.22. The van der Waals surface area contributed by atoms with E-state index in [9.17, 15) is 4.79 Å². The Morgan fingerprint density at radius 2 is 2.08 bits per heavy atom. The molecular weight excluding hydrogens is 298 g/mol. The second kappa shape index (κ2) is 6.42. The zero-order valence-electron chi connectivity index (χ0n) is 13.3. The van der Waals surface area contributed by atoms with Crippen molar-refractivity contribution in [1.82, 2.24) is 15.6 Å². The molecule has 2 N–H and O–H groups in total. The van der Waals surface area contributed by atoms with Crippen LogP contribution in [0.5, 0.6) is 0 Å². The monoisotopic (exact) mass is 317 g/mol. The Bertz CT molecular complexity index is 891. The summed E-state index contributed by atoms with van der Waals surface area (Å²) in [4.78, 5) is 16.8. The minimum absolute atomic E-state index is 0.0626. The molecule has 0 bridgehead atoms. The summed E-state index contributed by atoms with van der Waals surface area (Å²) in [5, 5.41) is 7.57. The predicted octanol–water partition coefficient (Wildman–Crippen LogP) is 2.85. The van der Waals surface area contributed by atoms with Crippen molar-refractivity contribution in [3.63, 3.8) is 0 Å². The Morgan fingerprint density at radius 3 is 3.04 bits per heavy atom. The summed E-state index contributed by atoms with van der Waals surface area (Å²) < 4.78 is 0. The summed E-state index contributed by atoms with van der Waals surface area (Å²) in [6.07, 6.45) is 2.78. The third-order valence-corrected chi connectivity index (χ3v) is 4.55. The van der Waals surface area contributed by atoms with Gasteiger partial charge >= 0.3 is 0 Å². The van der Waals surface area contributed by atoms with Crippen LogP contribution >= 0.6 is 0 Å². The van der Waals surface area contributed by atoms with Gasteiger partial charge in [0.05, 0.1) is 5.52 Å². The van der Waals surface area contributed by atoms with Gasteiger partial charge < -0.3 is 10.6 Å². The highest BCUT2D eigenvalue weighted by Gasteiger charge is 2.19. The van der Waals surface area contributed by atoms with E-state index >= 15 is 0 Å². The molecule has 4 nitrogen and oxygen atoms in total. The van der Waals surface area contributed by atoms with Gasteiger partial charge in [0.25, 0.3) is 5.91 Å². The molecule has 2 heterocycles. The number of rotatable bonds is 3. The molecular formula is C20H19N3O. The number of nitrogens with zero attached hydrogens (tertiary/aromatic N) is 1. The average molecular weight is 317 g/mol. The second-order valence-electron chi connectivity index (χ2n) is 6.08. The number of carbonyl (C=O) groups excluding carboxylic acids is 1. The molecule has 0 saturated heterocycles. The van der Waals surface area contributed by atoms with Crippen LogP contribution < -0.4 is 10.6 Å². The Balaban J connectivity index is 1.48. The fraction of sp³-hybridized carbons (Fsp3) is 0.200. The molecule has 1 atom stereocenters. The van der Waals surface area contributed by atoms with Crippen molar-refractivity contribution in [1.29, 1.82) is 0 Å². The Hall–Kier alpha value is -2.72. The van der Waals surface area contributed by atoms with Gasteiger partial charge in [0, 0.05) is 29.7 Å². The van der Waals surface area contributed by atoms with Crippen molar-refractivity contribution in [2.24, 2.45) is 0 Å². The van der Waals surface area contributed by atoms with E-state index < -0.39 is 0 Å². The van der Waals surface area contributed by atoms with Crippen LogP contribution in [0.2, 0.25) is 0 Å². The number of aromatic nitrogens is 1. The predicted molar refractivity (Wildman–Crippen MR) is 95.0 cm³/mol. The third-order valence-electron chi connectivity index (χ3n) is 4.55. The van der Waals surface area contributed by atoms with Crippen LogP contribution in [-0.4, -0.2) is 24.0 Å². The van der Waals surface area contributed by atoms with Crippen LogP contribution in [0.1, 0.15) is 27.5 Å². The molecule has 0 spiro atoms. The number of pyridine rings is 1. The van der Waals surface area contributed by atoms with Gasteiger partial charge in [0.2, 0.25) is 0 Å². The number of amides is 1. The van der Waals surface area contributed by atoms with Gasteiger partial charge in [0.15, 0.2) is 0 Å². The fourth-order valence-corrected chi connectivity index (χ4v) is 3.28. The molecule has 2 aromatic carbocycles. The van der Waals surface area contributed by atoms with Crippen molar-refractivity contribution in [3.05, 3.63) is 77.5 Å². The van der Waals surface area contributed by atoms with Crippen molar-refractivity contribution in [3.8, 4) is 0 Å². The molecule has 120 valence electrons. The summed E-state index contributed by atoms with van der Waals surface area (Å²) in [5.41, 5.74) is 4.13. The smallest absolute Gasteiger partial charge is 0.251 e. The fourth-order valence-electron chi connectivity index (χ4n) is 3.28. The minimum atomic E-state index is -0.0626. The van der Waals surface area contributed by atoms with E-state index in [1.807, 2.05) is 30.3 Å². The van der Waals surface area contributed by atoms with E-state index in [-0.39, 0.29) is 11.9 Å². The summed E-state index contributed by atoms with van der Waals surface area (Å²) in [5.74, 6) is -0.0626. The molecule has 0 radical (unpaired) electrons. The van der Waals surface area contributed by atoms with Gasteiger partial charge in [0.1, 0.15) is 0 Å². The van der Waals surface area contributed by atoms with Gasteiger partial charge in [-0.1, -0.05) is 36.4 Å². The summed E-state index contributed by atoms with van der Waals surface area (Å²) in [7, 11) is 0. The molecule has 0 fully saturated rings. The molecule has 24 heavy (non-hydrogen) atoms. The Morgan fingerprint density at radius 1 is 1.17 bits per heavy atom. The summed E-state index contributed by atoms with van der Waals surface area (Å²) >= 11 is 0. The first kappa shape index (κ1) is 14.8. The third kappa shape index (κ3) is 2.88. The molecule has 4 rings (SSSR count). The molecule has 4 heteroatoms. The zero-order valence-corrected chi connectivity index (χ0v) is 13.3. The molecule has 0 saturated carbocycles. The van der Waals surface area contributed by atoms with E-state index in [0.29, 0.717) is 12.1 Å². The van der Waals surface area contributed by atoms with E-state index in [1.165, 1.54) is 11.1 Å². The van der Waals surface area contributed by atoms with Crippen LogP contribution in [0.4, 0.5) is 0 Å². The lowest BCUT2D eigenvalue weighted by atomic mass is 9.94. The van der Waals surface area contributed by atoms with Gasteiger partial charge in [-0.05, 0) is 42.3 Å². The zero-order chi connectivity index (χ0) is 16.4. The van der Waals surface area contributed by atoms with E-state index in [1.54, 1.807) is 6.20 Å². The van der Waals surface area contributed by atoms with Gasteiger partial charge in [-0.15, -0.1) is 0 Å². The Kier molecular flexibility index (Phi) is 3.97. The van der Waals surface area contributed by atoms with Crippen LogP contribution in [0.3, 0.4) is 0 Å².